The minimum Gasteiger partial charge on any atom is -0.379 e. The van der Waals surface area contributed by atoms with Crippen molar-refractivity contribution in [2.75, 3.05) is 42.7 Å². The van der Waals surface area contributed by atoms with Crippen LogP contribution in [0, 0.1) is 0 Å². The van der Waals surface area contributed by atoms with Crippen LogP contribution in [0.25, 0.3) is 0 Å². The second kappa shape index (κ2) is 8.75. The van der Waals surface area contributed by atoms with Crippen LogP contribution >= 0.6 is 11.8 Å². The van der Waals surface area contributed by atoms with Crippen molar-refractivity contribution in [1.82, 2.24) is 0 Å². The van der Waals surface area contributed by atoms with Gasteiger partial charge >= 0.3 is 0 Å². The summed E-state index contributed by atoms with van der Waals surface area (Å²) < 4.78 is 33.0. The lowest BCUT2D eigenvalue weighted by Gasteiger charge is -2.43. The molecule has 0 aromatic rings. The van der Waals surface area contributed by atoms with Crippen molar-refractivity contribution in [2.24, 2.45) is 0 Å². The molecule has 0 fully saturated rings. The lowest BCUT2D eigenvalue weighted by molar-refractivity contribution is -0.205. The van der Waals surface area contributed by atoms with E-state index in [-0.39, 0.29) is 11.5 Å². The Hall–Kier alpha value is 0.544. The fourth-order valence-corrected chi connectivity index (χ4v) is 4.55. The van der Waals surface area contributed by atoms with Gasteiger partial charge in [0.1, 0.15) is 11.5 Å². The van der Waals surface area contributed by atoms with Crippen LogP contribution in [-0.2, 0) is 28.4 Å². The van der Waals surface area contributed by atoms with Crippen molar-refractivity contribution < 1.29 is 28.4 Å². The van der Waals surface area contributed by atoms with E-state index in [9.17, 15) is 0 Å². The van der Waals surface area contributed by atoms with E-state index in [2.05, 4.69) is 0 Å². The molecule has 0 N–H and O–H groups in total. The second-order valence-corrected chi connectivity index (χ2v) is 7.32. The molecule has 0 rings (SSSR count). The largest absolute Gasteiger partial charge is 0.379 e. The van der Waals surface area contributed by atoms with E-state index in [1.807, 2.05) is 0 Å². The van der Waals surface area contributed by atoms with Gasteiger partial charge in [0.15, 0.2) is 0 Å². The lowest BCUT2D eigenvalue weighted by Crippen LogP contribution is -2.54. The van der Waals surface area contributed by atoms with Crippen molar-refractivity contribution in [3.8, 4) is 0 Å². The molecule has 2 unspecified atom stereocenters. The maximum atomic E-state index is 5.54. The average molecular weight is 331 g/mol. The molecule has 116 valence electrons. The number of hydrogen-bond donors (Lipinski definition) is 0. The minimum absolute atomic E-state index is 0.192. The Morgan fingerprint density at radius 1 is 0.684 bits per heavy atom. The van der Waals surface area contributed by atoms with Gasteiger partial charge in [-0.15, -0.1) is 0 Å². The maximum Gasteiger partial charge on any atom is 0.245 e. The van der Waals surface area contributed by atoms with E-state index < -0.39 is 10.2 Å². The summed E-state index contributed by atoms with van der Waals surface area (Å²) in [5.74, 6) is 0. The van der Waals surface area contributed by atoms with Gasteiger partial charge in [-0.3, -0.25) is 0 Å². The van der Waals surface area contributed by atoms with Crippen molar-refractivity contribution in [1.29, 1.82) is 0 Å². The molecular weight excluding hydrogens is 304 g/mol. The minimum atomic E-state index is -0.992. The summed E-state index contributed by atoms with van der Waals surface area (Å²) in [5, 5.41) is -1.98. The van der Waals surface area contributed by atoms with Gasteiger partial charge in [-0.2, -0.15) is 0 Å². The van der Waals surface area contributed by atoms with Crippen LogP contribution in [0.4, 0.5) is 0 Å². The van der Waals surface area contributed by atoms with E-state index in [1.165, 1.54) is 11.8 Å². The van der Waals surface area contributed by atoms with Crippen LogP contribution in [0.15, 0.2) is 0 Å². The average Bonchev–Trinajstić information content (AvgIpc) is 2.48. The monoisotopic (exact) mass is 330 g/mol. The summed E-state index contributed by atoms with van der Waals surface area (Å²) >= 11 is 1.28. The van der Waals surface area contributed by atoms with Gasteiger partial charge in [0, 0.05) is 63.1 Å². The van der Waals surface area contributed by atoms with Crippen LogP contribution < -0.4 is 0 Å². The van der Waals surface area contributed by atoms with Crippen molar-refractivity contribution in [3.05, 3.63) is 0 Å². The summed E-state index contributed by atoms with van der Waals surface area (Å²) in [5.41, 5.74) is -0.384. The highest BCUT2D eigenvalue weighted by molar-refractivity contribution is 8.01. The molecular formula is C10H26O6SSi2. The third kappa shape index (κ3) is 4.25. The molecule has 0 aromatic carbocycles. The zero-order chi connectivity index (χ0) is 15.1. The van der Waals surface area contributed by atoms with E-state index in [1.54, 1.807) is 42.7 Å². The zero-order valence-electron chi connectivity index (χ0n) is 13.0. The van der Waals surface area contributed by atoms with Gasteiger partial charge in [-0.25, -0.2) is 0 Å². The molecule has 0 bridgehead atoms. The van der Waals surface area contributed by atoms with Crippen molar-refractivity contribution in [3.63, 3.8) is 0 Å². The first-order valence-corrected chi connectivity index (χ1v) is 9.00. The Bertz CT molecular complexity index is 226. The van der Waals surface area contributed by atoms with Crippen LogP contribution in [0.3, 0.4) is 0 Å². The fourth-order valence-electron chi connectivity index (χ4n) is 1.65. The molecule has 0 aliphatic heterocycles. The molecule has 0 spiro atoms. The van der Waals surface area contributed by atoms with Gasteiger partial charge in [-0.05, 0) is 11.8 Å². The summed E-state index contributed by atoms with van der Waals surface area (Å²) in [4.78, 5) is 0. The summed E-state index contributed by atoms with van der Waals surface area (Å²) in [6.45, 7) is 0. The lowest BCUT2D eigenvalue weighted by atomic mass is 10.6. The summed E-state index contributed by atoms with van der Waals surface area (Å²) in [7, 11) is 11.0. The number of methoxy groups -OCH3 is 6. The van der Waals surface area contributed by atoms with Crippen LogP contribution in [0.2, 0.25) is 0 Å². The first kappa shape index (κ1) is 19.5. The molecule has 6 nitrogen and oxygen atoms in total. The van der Waals surface area contributed by atoms with Crippen molar-refractivity contribution >= 4 is 32.2 Å². The molecule has 0 amide bonds. The van der Waals surface area contributed by atoms with Gasteiger partial charge in [0.25, 0.3) is 0 Å². The Kier molecular flexibility index (Phi) is 9.00. The third-order valence-corrected chi connectivity index (χ3v) is 8.32. The predicted molar refractivity (Wildman–Crippen MR) is 82.6 cm³/mol. The SMILES string of the molecule is COC([SiH3])C(OC)(OC)SC(OC)(OC)C([SiH3])OC. The first-order valence-electron chi connectivity index (χ1n) is 5.88. The summed E-state index contributed by atoms with van der Waals surface area (Å²) in [6.07, 6.45) is 0. The number of hydrogen-bond acceptors (Lipinski definition) is 7. The van der Waals surface area contributed by atoms with Gasteiger partial charge in [0.2, 0.25) is 10.2 Å². The van der Waals surface area contributed by atoms with Crippen LogP contribution in [-0.4, -0.2) is 84.8 Å². The molecule has 0 heterocycles. The molecule has 0 aliphatic carbocycles. The number of rotatable bonds is 10. The fraction of sp³-hybridized carbons (Fsp3) is 1.00. The molecule has 0 aliphatic rings. The quantitative estimate of drug-likeness (QED) is 0.349. The third-order valence-electron chi connectivity index (χ3n) is 3.13. The number of ether oxygens (including phenoxy) is 6. The topological polar surface area (TPSA) is 55.4 Å². The highest BCUT2D eigenvalue weighted by Gasteiger charge is 2.50. The van der Waals surface area contributed by atoms with Crippen LogP contribution in [0.5, 0.6) is 0 Å². The van der Waals surface area contributed by atoms with E-state index >= 15 is 0 Å². The zero-order valence-corrected chi connectivity index (χ0v) is 17.8. The number of thioether (sulfide) groups is 1. The van der Waals surface area contributed by atoms with Crippen molar-refractivity contribution in [2.45, 2.75) is 21.7 Å². The molecule has 9 heteroatoms. The van der Waals surface area contributed by atoms with Gasteiger partial charge in [0.05, 0.1) is 0 Å². The Morgan fingerprint density at radius 3 is 1.11 bits per heavy atom. The summed E-state index contributed by atoms with van der Waals surface area (Å²) in [6, 6.07) is 0. The highest BCUT2D eigenvalue weighted by atomic mass is 32.2. The Morgan fingerprint density at radius 2 is 0.947 bits per heavy atom. The van der Waals surface area contributed by atoms with Gasteiger partial charge in [-0.1, -0.05) is 0 Å². The smallest absolute Gasteiger partial charge is 0.245 e. The van der Waals surface area contributed by atoms with E-state index in [0.29, 0.717) is 0 Å². The predicted octanol–water partition coefficient (Wildman–Crippen LogP) is -1.71. The standard InChI is InChI=1S/C10H26O6SSi2/c1-11-7(18)9(13-3,14-4)17-10(15-5,16-6)8(19)12-2/h7-8H,1-6,18-19H3. The normalized spacial score (nSPS) is 16.7. The van der Waals surface area contributed by atoms with E-state index in [0.717, 1.165) is 20.5 Å². The molecule has 0 radical (unpaired) electrons. The molecule has 0 aromatic heterocycles. The van der Waals surface area contributed by atoms with Gasteiger partial charge < -0.3 is 28.4 Å². The highest BCUT2D eigenvalue weighted by Crippen LogP contribution is 2.43. The van der Waals surface area contributed by atoms with E-state index in [4.69, 9.17) is 28.4 Å². The molecule has 19 heavy (non-hydrogen) atoms. The first-order chi connectivity index (χ1) is 8.91. The maximum absolute atomic E-state index is 5.54. The molecule has 0 saturated heterocycles. The Balaban J connectivity index is 5.37. The van der Waals surface area contributed by atoms with Crippen LogP contribution in [0.1, 0.15) is 0 Å². The second-order valence-electron chi connectivity index (χ2n) is 3.88. The Labute approximate surface area is 125 Å². The molecule has 0 saturated carbocycles. The molecule has 2 atom stereocenters.